The minimum Gasteiger partial charge on any atom is -0.480 e. The molecule has 1 fully saturated rings. The van der Waals surface area contributed by atoms with Crippen molar-refractivity contribution in [3.63, 3.8) is 0 Å². The highest BCUT2D eigenvalue weighted by molar-refractivity contribution is 5.80. The zero-order chi connectivity index (χ0) is 11.3. The Kier molecular flexibility index (Phi) is 4.06. The fourth-order valence-corrected chi connectivity index (χ4v) is 1.67. The summed E-state index contributed by atoms with van der Waals surface area (Å²) in [6.07, 6.45) is 1.38. The Bertz CT molecular complexity index is 297. The van der Waals surface area contributed by atoms with Gasteiger partial charge >= 0.3 is 5.97 Å². The van der Waals surface area contributed by atoms with Crippen molar-refractivity contribution in [3.05, 3.63) is 0 Å². The summed E-state index contributed by atoms with van der Waals surface area (Å²) in [4.78, 5) is 23.6. The molecule has 1 rings (SSSR count). The largest absolute Gasteiger partial charge is 0.480 e. The van der Waals surface area contributed by atoms with Crippen LogP contribution in [-0.2, 0) is 9.59 Å². The third-order valence-corrected chi connectivity index (χ3v) is 2.36. The fraction of sp³-hybridized carbons (Fsp3) is 0.667. The molecule has 0 aromatic heterocycles. The van der Waals surface area contributed by atoms with E-state index in [2.05, 4.69) is 5.32 Å². The Balaban J connectivity index is 2.40. The summed E-state index contributed by atoms with van der Waals surface area (Å²) in [7, 11) is 0. The molecule has 2 N–H and O–H groups in total. The number of hydrogen-bond acceptors (Lipinski definition) is 4. The average Bonchev–Trinajstić information content (AvgIpc) is 2.62. The monoisotopic (exact) mass is 211 g/mol. The topological polar surface area (TPSA) is 93.4 Å². The second kappa shape index (κ2) is 5.32. The number of rotatable bonds is 4. The van der Waals surface area contributed by atoms with E-state index in [1.165, 1.54) is 0 Å². The van der Waals surface area contributed by atoms with Crippen molar-refractivity contribution in [2.45, 2.75) is 18.9 Å². The first kappa shape index (κ1) is 11.5. The number of carbonyl (C=O) groups is 2. The van der Waals surface area contributed by atoms with Gasteiger partial charge in [-0.3, -0.25) is 14.5 Å². The standard InChI is InChI=1S/C9H13N3O3/c10-3-4-11-8(13)6-12-5-1-2-7(12)9(14)15/h7H,1-2,4-6H2,(H,11,13)(H,14,15). The molecule has 0 bridgehead atoms. The van der Waals surface area contributed by atoms with Gasteiger partial charge < -0.3 is 10.4 Å². The SMILES string of the molecule is N#CCNC(=O)CN1CCCC1C(=O)O. The van der Waals surface area contributed by atoms with E-state index < -0.39 is 12.0 Å². The first-order valence-corrected chi connectivity index (χ1v) is 4.75. The van der Waals surface area contributed by atoms with Crippen LogP contribution < -0.4 is 5.32 Å². The molecule has 1 unspecified atom stereocenters. The molecule has 0 aromatic rings. The van der Waals surface area contributed by atoms with Gasteiger partial charge in [-0.05, 0) is 19.4 Å². The molecule has 0 spiro atoms. The normalized spacial score (nSPS) is 20.9. The maximum Gasteiger partial charge on any atom is 0.320 e. The maximum atomic E-state index is 11.2. The summed E-state index contributed by atoms with van der Waals surface area (Å²) in [6, 6.07) is 1.23. The quantitative estimate of drug-likeness (QED) is 0.592. The number of nitrogens with zero attached hydrogens (tertiary/aromatic N) is 2. The van der Waals surface area contributed by atoms with Crippen molar-refractivity contribution < 1.29 is 14.7 Å². The lowest BCUT2D eigenvalue weighted by Gasteiger charge is -2.19. The van der Waals surface area contributed by atoms with E-state index in [9.17, 15) is 9.59 Å². The van der Waals surface area contributed by atoms with Crippen LogP contribution in [0.3, 0.4) is 0 Å². The molecule has 1 amide bonds. The summed E-state index contributed by atoms with van der Waals surface area (Å²) in [5.41, 5.74) is 0. The summed E-state index contributed by atoms with van der Waals surface area (Å²) in [6.45, 7) is 0.639. The number of carboxylic acids is 1. The van der Waals surface area contributed by atoms with Gasteiger partial charge in [0.2, 0.25) is 5.91 Å². The van der Waals surface area contributed by atoms with E-state index in [-0.39, 0.29) is 19.0 Å². The zero-order valence-electron chi connectivity index (χ0n) is 8.27. The molecule has 6 nitrogen and oxygen atoms in total. The van der Waals surface area contributed by atoms with Gasteiger partial charge in [0.25, 0.3) is 0 Å². The minimum atomic E-state index is -0.888. The lowest BCUT2D eigenvalue weighted by molar-refractivity contribution is -0.142. The highest BCUT2D eigenvalue weighted by Crippen LogP contribution is 2.16. The first-order chi connectivity index (χ1) is 7.15. The van der Waals surface area contributed by atoms with Gasteiger partial charge in [-0.15, -0.1) is 0 Å². The molecular formula is C9H13N3O3. The van der Waals surface area contributed by atoms with Crippen LogP contribution in [0.15, 0.2) is 0 Å². The Hall–Kier alpha value is -1.61. The van der Waals surface area contributed by atoms with Crippen molar-refractivity contribution in [3.8, 4) is 6.07 Å². The van der Waals surface area contributed by atoms with Crippen LogP contribution in [0.25, 0.3) is 0 Å². The van der Waals surface area contributed by atoms with Gasteiger partial charge in [0.1, 0.15) is 12.6 Å². The van der Waals surface area contributed by atoms with Gasteiger partial charge in [0, 0.05) is 0 Å². The number of likely N-dealkylation sites (tertiary alicyclic amines) is 1. The van der Waals surface area contributed by atoms with Crippen LogP contribution in [0.1, 0.15) is 12.8 Å². The zero-order valence-corrected chi connectivity index (χ0v) is 8.27. The van der Waals surface area contributed by atoms with Crippen LogP contribution in [0, 0.1) is 11.3 Å². The minimum absolute atomic E-state index is 0.0373. The van der Waals surface area contributed by atoms with Gasteiger partial charge in [0.05, 0.1) is 12.6 Å². The first-order valence-electron chi connectivity index (χ1n) is 4.75. The van der Waals surface area contributed by atoms with Gasteiger partial charge in [-0.25, -0.2) is 0 Å². The van der Waals surface area contributed by atoms with Crippen molar-refractivity contribution in [1.82, 2.24) is 10.2 Å². The van der Waals surface area contributed by atoms with Crippen molar-refractivity contribution >= 4 is 11.9 Å². The average molecular weight is 211 g/mol. The molecule has 1 saturated heterocycles. The fourth-order valence-electron chi connectivity index (χ4n) is 1.67. The number of amides is 1. The molecule has 1 aliphatic rings. The smallest absolute Gasteiger partial charge is 0.320 e. The van der Waals surface area contributed by atoms with Gasteiger partial charge in [-0.2, -0.15) is 5.26 Å². The number of carbonyl (C=O) groups excluding carboxylic acids is 1. The Morgan fingerprint density at radius 3 is 2.93 bits per heavy atom. The van der Waals surface area contributed by atoms with E-state index in [4.69, 9.17) is 10.4 Å². The van der Waals surface area contributed by atoms with E-state index in [0.717, 1.165) is 6.42 Å². The molecule has 1 heterocycles. The second-order valence-electron chi connectivity index (χ2n) is 3.40. The third kappa shape index (κ3) is 3.22. The number of hydrogen-bond donors (Lipinski definition) is 2. The maximum absolute atomic E-state index is 11.2. The van der Waals surface area contributed by atoms with E-state index in [1.807, 2.05) is 0 Å². The predicted octanol–water partition coefficient (Wildman–Crippen LogP) is -0.825. The highest BCUT2D eigenvalue weighted by atomic mass is 16.4. The lowest BCUT2D eigenvalue weighted by Crippen LogP contribution is -2.43. The molecule has 6 heteroatoms. The van der Waals surface area contributed by atoms with Crippen LogP contribution in [0.2, 0.25) is 0 Å². The predicted molar refractivity (Wildman–Crippen MR) is 50.9 cm³/mol. The van der Waals surface area contributed by atoms with Crippen LogP contribution in [0.5, 0.6) is 0 Å². The Labute approximate surface area is 87.5 Å². The summed E-state index contributed by atoms with van der Waals surface area (Å²) < 4.78 is 0. The number of aliphatic carboxylic acids is 1. The summed E-state index contributed by atoms with van der Waals surface area (Å²) in [5.74, 6) is -1.19. The van der Waals surface area contributed by atoms with E-state index >= 15 is 0 Å². The summed E-state index contributed by atoms with van der Waals surface area (Å²) >= 11 is 0. The van der Waals surface area contributed by atoms with Crippen molar-refractivity contribution in [1.29, 1.82) is 5.26 Å². The molecule has 0 aromatic carbocycles. The molecule has 1 aliphatic heterocycles. The lowest BCUT2D eigenvalue weighted by atomic mass is 10.2. The van der Waals surface area contributed by atoms with Crippen molar-refractivity contribution in [2.24, 2.45) is 0 Å². The van der Waals surface area contributed by atoms with Crippen LogP contribution in [0.4, 0.5) is 0 Å². The number of nitrogens with one attached hydrogen (secondary N) is 1. The molecule has 0 saturated carbocycles. The Morgan fingerprint density at radius 1 is 1.60 bits per heavy atom. The summed E-state index contributed by atoms with van der Waals surface area (Å²) in [5, 5.41) is 19.5. The van der Waals surface area contributed by atoms with Crippen molar-refractivity contribution in [2.75, 3.05) is 19.6 Å². The third-order valence-electron chi connectivity index (χ3n) is 2.36. The second-order valence-corrected chi connectivity index (χ2v) is 3.40. The van der Waals surface area contributed by atoms with Crippen LogP contribution >= 0.6 is 0 Å². The van der Waals surface area contributed by atoms with Crippen LogP contribution in [-0.4, -0.2) is 47.6 Å². The Morgan fingerprint density at radius 2 is 2.33 bits per heavy atom. The molecular weight excluding hydrogens is 198 g/mol. The molecule has 1 atom stereocenters. The van der Waals surface area contributed by atoms with E-state index in [1.54, 1.807) is 11.0 Å². The molecule has 0 aliphatic carbocycles. The van der Waals surface area contributed by atoms with Gasteiger partial charge in [0.15, 0.2) is 0 Å². The number of carboxylic acid groups (broad SMARTS) is 1. The van der Waals surface area contributed by atoms with E-state index in [0.29, 0.717) is 13.0 Å². The molecule has 0 radical (unpaired) electrons. The molecule has 15 heavy (non-hydrogen) atoms. The number of nitriles is 1. The highest BCUT2D eigenvalue weighted by Gasteiger charge is 2.31. The van der Waals surface area contributed by atoms with Gasteiger partial charge in [-0.1, -0.05) is 0 Å². The molecule has 82 valence electrons.